The average Bonchev–Trinajstić information content (AvgIpc) is 3.28. The Morgan fingerprint density at radius 3 is 2.94 bits per heavy atom. The average molecular weight is 459 g/mol. The highest BCUT2D eigenvalue weighted by molar-refractivity contribution is 6.04. The lowest BCUT2D eigenvalue weighted by Crippen LogP contribution is -2.48. The first-order valence-corrected chi connectivity index (χ1v) is 11.5. The molecule has 0 saturated heterocycles. The summed E-state index contributed by atoms with van der Waals surface area (Å²) in [5.74, 6) is -2.91. The fraction of sp³-hybridized carbons (Fsp3) is 0.360. The van der Waals surface area contributed by atoms with Gasteiger partial charge in [-0.05, 0) is 60.8 Å². The largest absolute Gasteiger partial charge is 0.338 e. The van der Waals surface area contributed by atoms with E-state index in [1.807, 2.05) is 31.2 Å². The monoisotopic (exact) mass is 459 g/mol. The van der Waals surface area contributed by atoms with Crippen LogP contribution in [0.5, 0.6) is 0 Å². The maximum absolute atomic E-state index is 15.2. The highest BCUT2D eigenvalue weighted by atomic mass is 19.3. The van der Waals surface area contributed by atoms with Crippen LogP contribution in [0.15, 0.2) is 53.3 Å². The van der Waals surface area contributed by atoms with Crippen molar-refractivity contribution in [3.05, 3.63) is 65.9 Å². The summed E-state index contributed by atoms with van der Waals surface area (Å²) >= 11 is 0. The fourth-order valence-electron chi connectivity index (χ4n) is 7.46. The molecule has 4 fully saturated rings. The van der Waals surface area contributed by atoms with Gasteiger partial charge >= 0.3 is 0 Å². The van der Waals surface area contributed by atoms with Crippen molar-refractivity contribution in [2.24, 2.45) is 23.2 Å². The van der Waals surface area contributed by atoms with E-state index in [2.05, 4.69) is 20.4 Å². The van der Waals surface area contributed by atoms with Crippen LogP contribution in [0.2, 0.25) is 0 Å². The van der Waals surface area contributed by atoms with E-state index >= 15 is 8.78 Å². The zero-order valence-electron chi connectivity index (χ0n) is 18.1. The summed E-state index contributed by atoms with van der Waals surface area (Å²) < 4.78 is 37.5. The van der Waals surface area contributed by atoms with E-state index in [-0.39, 0.29) is 29.0 Å². The zero-order valence-corrected chi connectivity index (χ0v) is 18.1. The molecule has 4 saturated carbocycles. The van der Waals surface area contributed by atoms with Crippen molar-refractivity contribution in [3.8, 4) is 11.4 Å². The van der Waals surface area contributed by atoms with Crippen LogP contribution >= 0.6 is 0 Å². The van der Waals surface area contributed by atoms with Crippen molar-refractivity contribution in [3.63, 3.8) is 0 Å². The summed E-state index contributed by atoms with van der Waals surface area (Å²) in [6.07, 6.45) is 4.52. The van der Waals surface area contributed by atoms with Gasteiger partial charge < -0.3 is 9.84 Å². The Hall–Kier alpha value is -3.62. The minimum atomic E-state index is -2.78. The SMILES string of the molecule is Cc1ccc(-c2noc(C34C5C6CC(CC653)C4(F)F)n2)cc1NC(=O)c1cnc2ccccn12. The van der Waals surface area contributed by atoms with Crippen LogP contribution in [0.4, 0.5) is 14.5 Å². The van der Waals surface area contributed by atoms with Gasteiger partial charge in [-0.2, -0.15) is 4.98 Å². The number of hydrogen-bond acceptors (Lipinski definition) is 5. The smallest absolute Gasteiger partial charge is 0.274 e. The lowest BCUT2D eigenvalue weighted by molar-refractivity contribution is -0.125. The predicted octanol–water partition coefficient (Wildman–Crippen LogP) is 4.49. The number of aromatic nitrogens is 4. The first kappa shape index (κ1) is 18.8. The molecule has 4 aromatic rings. The lowest BCUT2D eigenvalue weighted by Gasteiger charge is -2.37. The maximum Gasteiger partial charge on any atom is 0.274 e. The number of nitrogens with zero attached hydrogens (tertiary/aromatic N) is 4. The molecule has 3 aromatic heterocycles. The summed E-state index contributed by atoms with van der Waals surface area (Å²) in [6, 6.07) is 10.9. The maximum atomic E-state index is 15.2. The molecule has 1 N–H and O–H groups in total. The molecule has 5 unspecified atom stereocenters. The number of alkyl halides is 2. The molecule has 8 rings (SSSR count). The molecular formula is C25H19F2N5O2. The molecule has 7 nitrogen and oxygen atoms in total. The molecule has 5 atom stereocenters. The molecule has 170 valence electrons. The van der Waals surface area contributed by atoms with Gasteiger partial charge in [-0.15, -0.1) is 0 Å². The Bertz CT molecular complexity index is 1560. The molecular weight excluding hydrogens is 440 g/mol. The third-order valence-electron chi connectivity index (χ3n) is 8.95. The number of aryl methyl sites for hydroxylation is 1. The number of anilines is 1. The van der Waals surface area contributed by atoms with Crippen LogP contribution in [0.3, 0.4) is 0 Å². The van der Waals surface area contributed by atoms with E-state index in [0.717, 1.165) is 5.56 Å². The number of carbonyl (C=O) groups is 1. The van der Waals surface area contributed by atoms with Crippen LogP contribution in [0, 0.1) is 30.1 Å². The number of pyridine rings is 1. The van der Waals surface area contributed by atoms with Crippen LogP contribution < -0.4 is 5.32 Å². The van der Waals surface area contributed by atoms with Gasteiger partial charge in [0.2, 0.25) is 11.7 Å². The van der Waals surface area contributed by atoms with Gasteiger partial charge in [-0.25, -0.2) is 13.8 Å². The van der Waals surface area contributed by atoms with Gasteiger partial charge in [0.05, 0.1) is 6.20 Å². The van der Waals surface area contributed by atoms with Gasteiger partial charge in [0.1, 0.15) is 16.8 Å². The third-order valence-corrected chi connectivity index (χ3v) is 8.95. The van der Waals surface area contributed by atoms with E-state index in [1.165, 1.54) is 6.20 Å². The second-order valence-corrected chi connectivity index (χ2v) is 10.2. The van der Waals surface area contributed by atoms with Crippen LogP contribution in [-0.2, 0) is 5.41 Å². The lowest BCUT2D eigenvalue weighted by atomic mass is 9.72. The standard InChI is InChI=1S/C25H19F2N5O2/c1-12-5-6-13(8-16(12)29-21(33)17-11-28-18-4-2-3-7-32(17)18)20-30-22(34-31-20)24-19-15-9-14(25(24,26)27)10-23(15,19)24/h2-8,11,14-15,19H,9-10H2,1H3,(H,29,33). The molecule has 0 radical (unpaired) electrons. The Labute approximate surface area is 192 Å². The highest BCUT2D eigenvalue weighted by Gasteiger charge is 3.10. The van der Waals surface area contributed by atoms with E-state index in [0.29, 0.717) is 41.4 Å². The Morgan fingerprint density at radius 1 is 1.26 bits per heavy atom. The van der Waals surface area contributed by atoms with Gasteiger partial charge in [0.15, 0.2) is 0 Å². The number of halogens is 2. The summed E-state index contributed by atoms with van der Waals surface area (Å²) in [5.41, 5.74) is 1.56. The molecule has 1 aromatic carbocycles. The first-order valence-electron chi connectivity index (χ1n) is 11.5. The summed E-state index contributed by atoms with van der Waals surface area (Å²) in [7, 11) is 0. The number of amides is 1. The fourth-order valence-corrected chi connectivity index (χ4v) is 7.46. The quantitative estimate of drug-likeness (QED) is 0.486. The molecule has 4 aliphatic carbocycles. The van der Waals surface area contributed by atoms with Crippen molar-refractivity contribution in [1.82, 2.24) is 19.5 Å². The summed E-state index contributed by atoms with van der Waals surface area (Å²) in [5, 5.41) is 6.98. The van der Waals surface area contributed by atoms with E-state index in [9.17, 15) is 4.79 Å². The third kappa shape index (κ3) is 1.85. The summed E-state index contributed by atoms with van der Waals surface area (Å²) in [4.78, 5) is 21.7. The summed E-state index contributed by atoms with van der Waals surface area (Å²) in [6.45, 7) is 1.88. The minimum Gasteiger partial charge on any atom is -0.338 e. The van der Waals surface area contributed by atoms with Gasteiger partial charge in [0.25, 0.3) is 11.8 Å². The topological polar surface area (TPSA) is 85.3 Å². The second kappa shape index (κ2) is 5.54. The zero-order chi connectivity index (χ0) is 23.0. The molecule has 4 aliphatic rings. The van der Waals surface area contributed by atoms with Crippen molar-refractivity contribution in [1.29, 1.82) is 0 Å². The number of carbonyl (C=O) groups excluding carboxylic acids is 1. The Kier molecular flexibility index (Phi) is 3.06. The van der Waals surface area contributed by atoms with Crippen LogP contribution in [0.25, 0.3) is 17.0 Å². The van der Waals surface area contributed by atoms with Gasteiger partial charge in [0, 0.05) is 23.4 Å². The number of imidazole rings is 1. The number of nitrogens with one attached hydrogen (secondary N) is 1. The Morgan fingerprint density at radius 2 is 2.15 bits per heavy atom. The first-order chi connectivity index (χ1) is 16.4. The number of benzene rings is 1. The number of hydrogen-bond donors (Lipinski definition) is 1. The van der Waals surface area contributed by atoms with E-state index in [4.69, 9.17) is 4.52 Å². The Balaban J connectivity index is 1.11. The number of fused-ring (bicyclic) bond motifs is 4. The molecule has 2 bridgehead atoms. The van der Waals surface area contributed by atoms with Crippen LogP contribution in [0.1, 0.15) is 34.8 Å². The number of rotatable bonds is 4. The molecule has 3 heterocycles. The normalized spacial score (nSPS) is 33.2. The second-order valence-electron chi connectivity index (χ2n) is 10.2. The highest BCUT2D eigenvalue weighted by Crippen LogP contribution is 3.05. The van der Waals surface area contributed by atoms with Gasteiger partial charge in [-0.1, -0.05) is 23.4 Å². The van der Waals surface area contributed by atoms with E-state index < -0.39 is 17.3 Å². The predicted molar refractivity (Wildman–Crippen MR) is 116 cm³/mol. The van der Waals surface area contributed by atoms with Crippen molar-refractivity contribution < 1.29 is 18.1 Å². The van der Waals surface area contributed by atoms with Gasteiger partial charge in [-0.3, -0.25) is 9.20 Å². The molecule has 1 amide bonds. The molecule has 9 heteroatoms. The van der Waals surface area contributed by atoms with E-state index in [1.54, 1.807) is 22.7 Å². The van der Waals surface area contributed by atoms with Crippen molar-refractivity contribution in [2.75, 3.05) is 5.32 Å². The minimum absolute atomic E-state index is 0.00774. The van der Waals surface area contributed by atoms with Crippen molar-refractivity contribution >= 4 is 17.2 Å². The molecule has 34 heavy (non-hydrogen) atoms. The van der Waals surface area contributed by atoms with Crippen molar-refractivity contribution in [2.45, 2.75) is 31.1 Å². The molecule has 1 spiro atoms. The van der Waals surface area contributed by atoms with Crippen LogP contribution in [-0.4, -0.2) is 31.4 Å². The molecule has 0 aliphatic heterocycles.